The lowest BCUT2D eigenvalue weighted by atomic mass is 9.86. The van der Waals surface area contributed by atoms with Crippen molar-refractivity contribution in [2.24, 2.45) is 0 Å². The number of hydrogen-bond acceptors (Lipinski definition) is 4. The lowest BCUT2D eigenvalue weighted by Crippen LogP contribution is -2.46. The van der Waals surface area contributed by atoms with E-state index in [1.165, 1.54) is 5.56 Å². The van der Waals surface area contributed by atoms with Gasteiger partial charge in [-0.1, -0.05) is 32.9 Å². The van der Waals surface area contributed by atoms with E-state index in [0.29, 0.717) is 49.4 Å². The van der Waals surface area contributed by atoms with Crippen LogP contribution >= 0.6 is 0 Å². The van der Waals surface area contributed by atoms with Gasteiger partial charge in [0.25, 0.3) is 11.8 Å². The zero-order valence-corrected chi connectivity index (χ0v) is 20.5. The molecule has 1 heterocycles. The van der Waals surface area contributed by atoms with Gasteiger partial charge < -0.3 is 20.3 Å². The number of nitrogens with zero attached hydrogens (tertiary/aromatic N) is 1. The first-order chi connectivity index (χ1) is 16.2. The number of hydrogen-bond donors (Lipinski definition) is 2. The van der Waals surface area contributed by atoms with E-state index in [-0.39, 0.29) is 23.1 Å². The minimum Gasteiger partial charge on any atom is -0.497 e. The Labute approximate surface area is 201 Å². The normalized spacial score (nSPS) is 15.6. The van der Waals surface area contributed by atoms with Crippen LogP contribution in [0.2, 0.25) is 0 Å². The minimum absolute atomic E-state index is 0.0196. The molecule has 0 radical (unpaired) electrons. The molecule has 1 aliphatic heterocycles. The number of likely N-dealkylation sites (tertiary alicyclic amines) is 1. The van der Waals surface area contributed by atoms with Crippen LogP contribution in [0.15, 0.2) is 48.5 Å². The van der Waals surface area contributed by atoms with Crippen LogP contribution in [0.4, 0.5) is 0 Å². The fourth-order valence-electron chi connectivity index (χ4n) is 4.03. The first kappa shape index (κ1) is 25.3. The second kappa shape index (κ2) is 11.2. The van der Waals surface area contributed by atoms with E-state index in [2.05, 4.69) is 31.4 Å². The summed E-state index contributed by atoms with van der Waals surface area (Å²) in [7, 11) is 1.58. The molecule has 1 fully saturated rings. The number of ether oxygens (including phenoxy) is 1. The summed E-state index contributed by atoms with van der Waals surface area (Å²) in [6.45, 7) is 7.86. The van der Waals surface area contributed by atoms with Gasteiger partial charge in [0, 0.05) is 30.8 Å². The smallest absolute Gasteiger partial charge is 0.254 e. The number of rotatable bonds is 8. The lowest BCUT2D eigenvalue weighted by molar-refractivity contribution is -0.124. The summed E-state index contributed by atoms with van der Waals surface area (Å²) < 4.78 is 5.09. The summed E-state index contributed by atoms with van der Waals surface area (Å²) in [5.41, 5.74) is 2.35. The van der Waals surface area contributed by atoms with E-state index in [1.807, 2.05) is 24.3 Å². The van der Waals surface area contributed by atoms with E-state index >= 15 is 0 Å². The number of benzene rings is 2. The molecule has 7 heteroatoms. The molecule has 34 heavy (non-hydrogen) atoms. The molecule has 2 aromatic carbocycles. The fraction of sp³-hybridized carbons (Fsp3) is 0.444. The number of amides is 3. The molecule has 0 spiro atoms. The average Bonchev–Trinajstić information content (AvgIpc) is 3.33. The van der Waals surface area contributed by atoms with Crippen molar-refractivity contribution in [2.45, 2.75) is 51.5 Å². The maximum atomic E-state index is 13.0. The second-order valence-corrected chi connectivity index (χ2v) is 9.61. The summed E-state index contributed by atoms with van der Waals surface area (Å²) in [6.07, 6.45) is 2.07. The van der Waals surface area contributed by atoms with Crippen LogP contribution in [0.3, 0.4) is 0 Å². The van der Waals surface area contributed by atoms with Gasteiger partial charge in [0.2, 0.25) is 5.91 Å². The Morgan fingerprint density at radius 3 is 2.18 bits per heavy atom. The van der Waals surface area contributed by atoms with Crippen molar-refractivity contribution in [1.29, 1.82) is 0 Å². The Balaban J connectivity index is 1.45. The van der Waals surface area contributed by atoms with Crippen molar-refractivity contribution in [3.63, 3.8) is 0 Å². The van der Waals surface area contributed by atoms with Gasteiger partial charge in [0.05, 0.1) is 7.11 Å². The zero-order chi connectivity index (χ0) is 24.7. The first-order valence-electron chi connectivity index (χ1n) is 11.8. The van der Waals surface area contributed by atoms with E-state index in [1.54, 1.807) is 36.3 Å². The van der Waals surface area contributed by atoms with Crippen LogP contribution in [0.25, 0.3) is 0 Å². The predicted molar refractivity (Wildman–Crippen MR) is 132 cm³/mol. The van der Waals surface area contributed by atoms with E-state index in [9.17, 15) is 14.4 Å². The molecule has 0 bridgehead atoms. The fourth-order valence-corrected chi connectivity index (χ4v) is 4.03. The summed E-state index contributed by atoms with van der Waals surface area (Å²) in [4.78, 5) is 39.7. The third-order valence-electron chi connectivity index (χ3n) is 6.10. The minimum atomic E-state index is -0.455. The molecule has 2 aromatic rings. The molecule has 0 aromatic heterocycles. The molecule has 3 rings (SSSR count). The van der Waals surface area contributed by atoms with Crippen molar-refractivity contribution >= 4 is 17.7 Å². The van der Waals surface area contributed by atoms with Crippen molar-refractivity contribution in [3.05, 3.63) is 65.2 Å². The highest BCUT2D eigenvalue weighted by Crippen LogP contribution is 2.24. The molecule has 182 valence electrons. The van der Waals surface area contributed by atoms with Gasteiger partial charge in [-0.15, -0.1) is 0 Å². The summed E-state index contributed by atoms with van der Waals surface area (Å²) in [5, 5.41) is 5.77. The third-order valence-corrected chi connectivity index (χ3v) is 6.10. The largest absolute Gasteiger partial charge is 0.497 e. The Morgan fingerprint density at radius 1 is 0.941 bits per heavy atom. The molecule has 0 saturated carbocycles. The molecule has 1 saturated heterocycles. The molecule has 3 amide bonds. The molecule has 0 aliphatic carbocycles. The van der Waals surface area contributed by atoms with Gasteiger partial charge in [-0.25, -0.2) is 0 Å². The van der Waals surface area contributed by atoms with Crippen LogP contribution in [0.5, 0.6) is 5.75 Å². The molecule has 0 unspecified atom stereocenters. The van der Waals surface area contributed by atoms with Gasteiger partial charge in [-0.05, 0) is 66.6 Å². The van der Waals surface area contributed by atoms with Gasteiger partial charge in [0.15, 0.2) is 0 Å². The highest BCUT2D eigenvalue weighted by molar-refractivity contribution is 5.98. The van der Waals surface area contributed by atoms with E-state index in [0.717, 1.165) is 6.42 Å². The topological polar surface area (TPSA) is 87.7 Å². The van der Waals surface area contributed by atoms with Crippen LogP contribution < -0.4 is 15.4 Å². The molecular weight excluding hydrogens is 430 g/mol. The Hall–Kier alpha value is -3.35. The number of methoxy groups -OCH3 is 1. The first-order valence-corrected chi connectivity index (χ1v) is 11.8. The molecule has 2 N–H and O–H groups in total. The maximum absolute atomic E-state index is 13.0. The zero-order valence-electron chi connectivity index (χ0n) is 20.5. The van der Waals surface area contributed by atoms with Crippen LogP contribution in [-0.4, -0.2) is 55.4 Å². The highest BCUT2D eigenvalue weighted by atomic mass is 16.5. The predicted octanol–water partition coefficient (Wildman–Crippen LogP) is 3.53. The number of carbonyl (C=O) groups excluding carboxylic acids is 3. The van der Waals surface area contributed by atoms with Crippen molar-refractivity contribution < 1.29 is 19.1 Å². The Morgan fingerprint density at radius 2 is 1.56 bits per heavy atom. The molecule has 1 aliphatic rings. The lowest BCUT2D eigenvalue weighted by Gasteiger charge is -2.25. The standard InChI is InChI=1S/C27H35N3O4/c1-27(2,3)21-12-8-20(9-13-21)26(33)30-18-5-7-23(30)25(32)29-17-6-16-28-24(31)19-10-14-22(34-4)15-11-19/h8-15,23H,5-7,16-18H2,1-4H3,(H,28,31)(H,29,32)/t23-/m1/s1. The van der Waals surface area contributed by atoms with Gasteiger partial charge in [-0.2, -0.15) is 0 Å². The van der Waals surface area contributed by atoms with Crippen LogP contribution in [0.1, 0.15) is 66.3 Å². The van der Waals surface area contributed by atoms with Gasteiger partial charge >= 0.3 is 0 Å². The quantitative estimate of drug-likeness (QED) is 0.584. The van der Waals surface area contributed by atoms with Crippen LogP contribution in [0, 0.1) is 0 Å². The van der Waals surface area contributed by atoms with Crippen molar-refractivity contribution in [3.8, 4) is 5.75 Å². The second-order valence-electron chi connectivity index (χ2n) is 9.61. The SMILES string of the molecule is COc1ccc(C(=O)NCCCNC(=O)[C@H]2CCCN2C(=O)c2ccc(C(C)(C)C)cc2)cc1. The summed E-state index contributed by atoms with van der Waals surface area (Å²) >= 11 is 0. The highest BCUT2D eigenvalue weighted by Gasteiger charge is 2.34. The van der Waals surface area contributed by atoms with Crippen LogP contribution in [-0.2, 0) is 10.2 Å². The third kappa shape index (κ3) is 6.37. The monoisotopic (exact) mass is 465 g/mol. The van der Waals surface area contributed by atoms with E-state index in [4.69, 9.17) is 4.74 Å². The maximum Gasteiger partial charge on any atom is 0.254 e. The Bertz CT molecular complexity index is 994. The van der Waals surface area contributed by atoms with Crippen molar-refractivity contribution in [1.82, 2.24) is 15.5 Å². The summed E-state index contributed by atoms with van der Waals surface area (Å²) in [5.74, 6) is 0.281. The molecule has 1 atom stereocenters. The molecular formula is C27H35N3O4. The molecule has 7 nitrogen and oxygen atoms in total. The van der Waals surface area contributed by atoms with E-state index < -0.39 is 6.04 Å². The number of carbonyl (C=O) groups is 3. The number of nitrogens with one attached hydrogen (secondary N) is 2. The average molecular weight is 466 g/mol. The van der Waals surface area contributed by atoms with Crippen molar-refractivity contribution in [2.75, 3.05) is 26.7 Å². The van der Waals surface area contributed by atoms with Gasteiger partial charge in [0.1, 0.15) is 11.8 Å². The summed E-state index contributed by atoms with van der Waals surface area (Å²) in [6, 6.07) is 14.1. The van der Waals surface area contributed by atoms with Gasteiger partial charge in [-0.3, -0.25) is 14.4 Å². The Kier molecular flexibility index (Phi) is 8.31.